The number of benzene rings is 1. The van der Waals surface area contributed by atoms with E-state index in [1.165, 1.54) is 43.2 Å². The number of fused-ring (bicyclic) bond motifs is 2. The second-order valence-electron chi connectivity index (χ2n) is 7.56. The Morgan fingerprint density at radius 3 is 2.71 bits per heavy atom. The average Bonchev–Trinajstić information content (AvgIpc) is 2.75. The number of rotatable bonds is 2. The Kier molecular flexibility index (Phi) is 6.45. The summed E-state index contributed by atoms with van der Waals surface area (Å²) in [5.41, 5.74) is 4.63. The number of aromatic nitrogens is 2. The van der Waals surface area contributed by atoms with Crippen LogP contribution in [0.5, 0.6) is 0 Å². The third-order valence-corrected chi connectivity index (χ3v) is 5.96. The molecule has 0 bridgehead atoms. The molecule has 0 amide bonds. The molecule has 0 unspecified atom stereocenters. The van der Waals surface area contributed by atoms with Gasteiger partial charge in [-0.05, 0) is 49.6 Å². The highest BCUT2D eigenvalue weighted by atomic mass is 32.1. The standard InChI is InChI=1S/C17H16N4.C6H12S/c1-2-4-16-12(3-1)9-14(11-20-16)21-17-15-6-7-18-10-13(15)5-8-19-17;7-6-4-2-1-3-5-6/h1-5,8-9,11,18H,6-7,10H2,(H,19,21);6-7H,1-5H2. The van der Waals surface area contributed by atoms with Crippen molar-refractivity contribution in [3.8, 4) is 0 Å². The van der Waals surface area contributed by atoms with E-state index in [4.69, 9.17) is 0 Å². The minimum Gasteiger partial charge on any atom is -0.339 e. The first-order valence-corrected chi connectivity index (χ1v) is 10.8. The Labute approximate surface area is 172 Å². The highest BCUT2D eigenvalue weighted by Crippen LogP contribution is 2.25. The number of hydrogen-bond donors (Lipinski definition) is 3. The van der Waals surface area contributed by atoms with Gasteiger partial charge < -0.3 is 10.6 Å². The molecule has 2 N–H and O–H groups in total. The van der Waals surface area contributed by atoms with Crippen molar-refractivity contribution >= 4 is 35.0 Å². The number of nitrogens with zero attached hydrogens (tertiary/aromatic N) is 2. The summed E-state index contributed by atoms with van der Waals surface area (Å²) in [6.07, 6.45) is 11.7. The van der Waals surface area contributed by atoms with Gasteiger partial charge in [0.2, 0.25) is 0 Å². The van der Waals surface area contributed by atoms with Gasteiger partial charge in [-0.1, -0.05) is 37.5 Å². The summed E-state index contributed by atoms with van der Waals surface area (Å²) in [4.78, 5) is 8.99. The molecule has 2 aromatic heterocycles. The average molecular weight is 393 g/mol. The molecule has 4 nitrogen and oxygen atoms in total. The lowest BCUT2D eigenvalue weighted by atomic mass is 10.0. The van der Waals surface area contributed by atoms with Crippen LogP contribution in [-0.4, -0.2) is 21.8 Å². The van der Waals surface area contributed by atoms with Crippen LogP contribution in [-0.2, 0) is 13.0 Å². The van der Waals surface area contributed by atoms with Crippen molar-refractivity contribution < 1.29 is 0 Å². The fourth-order valence-electron chi connectivity index (χ4n) is 3.88. The molecule has 28 heavy (non-hydrogen) atoms. The van der Waals surface area contributed by atoms with Crippen LogP contribution in [0.1, 0.15) is 43.2 Å². The fourth-order valence-corrected chi connectivity index (χ4v) is 4.24. The Morgan fingerprint density at radius 1 is 1.04 bits per heavy atom. The molecule has 5 heteroatoms. The molecule has 1 aliphatic heterocycles. The van der Waals surface area contributed by atoms with E-state index in [2.05, 4.69) is 51.4 Å². The molecular formula is C23H28N4S. The van der Waals surface area contributed by atoms with Gasteiger partial charge in [-0.25, -0.2) is 4.98 Å². The smallest absolute Gasteiger partial charge is 0.133 e. The molecule has 2 aliphatic rings. The second-order valence-corrected chi connectivity index (χ2v) is 8.29. The summed E-state index contributed by atoms with van der Waals surface area (Å²) in [7, 11) is 0. The molecule has 146 valence electrons. The van der Waals surface area contributed by atoms with E-state index in [9.17, 15) is 0 Å². The van der Waals surface area contributed by atoms with Crippen molar-refractivity contribution in [2.24, 2.45) is 0 Å². The maximum Gasteiger partial charge on any atom is 0.133 e. The SMILES string of the molecule is SC1CCCCC1.c1ccc2ncc(Nc3nccc4c3CCNC4)cc2c1. The quantitative estimate of drug-likeness (QED) is 0.520. The van der Waals surface area contributed by atoms with E-state index >= 15 is 0 Å². The molecule has 0 radical (unpaired) electrons. The summed E-state index contributed by atoms with van der Waals surface area (Å²) in [6.45, 7) is 1.92. The van der Waals surface area contributed by atoms with Crippen LogP contribution in [0.3, 0.4) is 0 Å². The Morgan fingerprint density at radius 2 is 1.89 bits per heavy atom. The molecular weight excluding hydrogens is 364 g/mol. The summed E-state index contributed by atoms with van der Waals surface area (Å²) in [5, 5.41) is 8.67. The molecule has 3 aromatic rings. The van der Waals surface area contributed by atoms with Crippen LogP contribution < -0.4 is 10.6 Å². The first-order chi connectivity index (χ1) is 13.8. The lowest BCUT2D eigenvalue weighted by molar-refractivity contribution is 0.518. The minimum atomic E-state index is 0.730. The van der Waals surface area contributed by atoms with Crippen LogP contribution in [0.15, 0.2) is 48.8 Å². The third-order valence-electron chi connectivity index (χ3n) is 5.45. The monoisotopic (exact) mass is 392 g/mol. The van der Waals surface area contributed by atoms with Gasteiger partial charge in [-0.3, -0.25) is 4.98 Å². The van der Waals surface area contributed by atoms with Crippen molar-refractivity contribution in [3.63, 3.8) is 0 Å². The molecule has 1 saturated carbocycles. The third kappa shape index (κ3) is 4.83. The topological polar surface area (TPSA) is 49.8 Å². The van der Waals surface area contributed by atoms with Gasteiger partial charge in [0.05, 0.1) is 17.4 Å². The first-order valence-electron chi connectivity index (χ1n) is 10.3. The maximum atomic E-state index is 4.50. The second kappa shape index (κ2) is 9.39. The van der Waals surface area contributed by atoms with E-state index < -0.39 is 0 Å². The number of anilines is 2. The number of para-hydroxylation sites is 1. The van der Waals surface area contributed by atoms with Gasteiger partial charge in [0.1, 0.15) is 5.82 Å². The summed E-state index contributed by atoms with van der Waals surface area (Å²) < 4.78 is 0. The maximum absolute atomic E-state index is 4.50. The van der Waals surface area contributed by atoms with Crippen LogP contribution in [0.2, 0.25) is 0 Å². The molecule has 0 saturated heterocycles. The Hall–Kier alpha value is -2.11. The van der Waals surface area contributed by atoms with Crippen molar-refractivity contribution in [1.82, 2.24) is 15.3 Å². The fraction of sp³-hybridized carbons (Fsp3) is 0.391. The highest BCUT2D eigenvalue weighted by Gasteiger charge is 2.13. The highest BCUT2D eigenvalue weighted by molar-refractivity contribution is 7.80. The Bertz CT molecular complexity index is 921. The van der Waals surface area contributed by atoms with Crippen molar-refractivity contribution in [2.45, 2.75) is 50.3 Å². The summed E-state index contributed by atoms with van der Waals surface area (Å²) >= 11 is 4.36. The number of pyridine rings is 2. The molecule has 1 aliphatic carbocycles. The molecule has 1 aromatic carbocycles. The van der Waals surface area contributed by atoms with E-state index in [0.29, 0.717) is 0 Å². The summed E-state index contributed by atoms with van der Waals surface area (Å²) in [5.74, 6) is 0.950. The van der Waals surface area contributed by atoms with Crippen molar-refractivity contribution in [2.75, 3.05) is 11.9 Å². The largest absolute Gasteiger partial charge is 0.339 e. The number of thiol groups is 1. The lowest BCUT2D eigenvalue weighted by Crippen LogP contribution is -2.24. The zero-order valence-electron chi connectivity index (χ0n) is 16.2. The lowest BCUT2D eigenvalue weighted by Gasteiger charge is -2.20. The van der Waals surface area contributed by atoms with Gasteiger partial charge in [0, 0.05) is 28.9 Å². The van der Waals surface area contributed by atoms with Gasteiger partial charge >= 0.3 is 0 Å². The normalized spacial score (nSPS) is 16.8. The van der Waals surface area contributed by atoms with Gasteiger partial charge in [-0.15, -0.1) is 0 Å². The molecule has 0 spiro atoms. The molecule has 0 atom stereocenters. The van der Waals surface area contributed by atoms with Crippen molar-refractivity contribution in [3.05, 3.63) is 59.9 Å². The number of nitrogens with one attached hydrogen (secondary N) is 2. The molecule has 1 fully saturated rings. The van der Waals surface area contributed by atoms with Gasteiger partial charge in [0.15, 0.2) is 0 Å². The minimum absolute atomic E-state index is 0.730. The van der Waals surface area contributed by atoms with E-state index in [1.54, 1.807) is 0 Å². The van der Waals surface area contributed by atoms with Crippen molar-refractivity contribution in [1.29, 1.82) is 0 Å². The zero-order chi connectivity index (χ0) is 19.2. The van der Waals surface area contributed by atoms with Crippen LogP contribution >= 0.6 is 12.6 Å². The summed E-state index contributed by atoms with van der Waals surface area (Å²) in [6, 6.07) is 12.3. The van der Waals surface area contributed by atoms with Gasteiger partial charge in [0.25, 0.3) is 0 Å². The van der Waals surface area contributed by atoms with E-state index in [-0.39, 0.29) is 0 Å². The van der Waals surface area contributed by atoms with Gasteiger partial charge in [-0.2, -0.15) is 12.6 Å². The van der Waals surface area contributed by atoms with Crippen LogP contribution in [0.4, 0.5) is 11.5 Å². The van der Waals surface area contributed by atoms with Crippen LogP contribution in [0.25, 0.3) is 10.9 Å². The first kappa shape index (κ1) is 19.2. The Balaban J connectivity index is 0.000000233. The predicted octanol–water partition coefficient (Wildman–Crippen LogP) is 5.27. The molecule has 3 heterocycles. The van der Waals surface area contributed by atoms with E-state index in [1.807, 2.05) is 30.6 Å². The predicted molar refractivity (Wildman–Crippen MR) is 121 cm³/mol. The van der Waals surface area contributed by atoms with E-state index in [0.717, 1.165) is 47.2 Å². The van der Waals surface area contributed by atoms with Crippen LogP contribution in [0, 0.1) is 0 Å². The zero-order valence-corrected chi connectivity index (χ0v) is 17.1. The molecule has 5 rings (SSSR count). The number of hydrogen-bond acceptors (Lipinski definition) is 5.